The molecule has 2 aromatic heterocycles. The molecular formula is C38H30N2O2. The molecule has 0 atom stereocenters. The fraction of sp³-hybridized carbons (Fsp3) is 0.0526. The molecule has 0 unspecified atom stereocenters. The van der Waals surface area contributed by atoms with Crippen molar-refractivity contribution in [3.8, 4) is 11.5 Å². The van der Waals surface area contributed by atoms with Gasteiger partial charge in [-0.3, -0.25) is 9.97 Å². The van der Waals surface area contributed by atoms with Crippen molar-refractivity contribution in [3.63, 3.8) is 0 Å². The van der Waals surface area contributed by atoms with Gasteiger partial charge in [0.05, 0.1) is 0 Å². The maximum absolute atomic E-state index is 6.07. The molecular weight excluding hydrogens is 516 g/mol. The van der Waals surface area contributed by atoms with Crippen LogP contribution < -0.4 is 9.47 Å². The summed E-state index contributed by atoms with van der Waals surface area (Å²) in [6.07, 6.45) is 7.12. The van der Waals surface area contributed by atoms with Gasteiger partial charge in [0, 0.05) is 24.8 Å². The maximum atomic E-state index is 6.07. The number of hydrogen-bond donors (Lipinski definition) is 0. The first-order chi connectivity index (χ1) is 20.8. The topological polar surface area (TPSA) is 44.2 Å². The van der Waals surface area contributed by atoms with Crippen molar-refractivity contribution in [3.05, 3.63) is 192 Å². The molecule has 0 amide bonds. The molecule has 42 heavy (non-hydrogen) atoms. The van der Waals surface area contributed by atoms with Gasteiger partial charge in [0.15, 0.2) is 0 Å². The molecule has 6 aromatic rings. The van der Waals surface area contributed by atoms with Crippen molar-refractivity contribution in [1.82, 2.24) is 9.97 Å². The Morgan fingerprint density at radius 1 is 0.381 bits per heavy atom. The van der Waals surface area contributed by atoms with E-state index < -0.39 is 0 Å². The van der Waals surface area contributed by atoms with Crippen molar-refractivity contribution in [2.45, 2.75) is 13.2 Å². The molecule has 2 heterocycles. The number of nitrogens with zero attached hydrogens (tertiary/aromatic N) is 2. The first-order valence-electron chi connectivity index (χ1n) is 13.9. The number of pyridine rings is 2. The number of benzene rings is 4. The van der Waals surface area contributed by atoms with Gasteiger partial charge in [0.1, 0.15) is 24.7 Å². The van der Waals surface area contributed by atoms with Crippen molar-refractivity contribution in [2.24, 2.45) is 0 Å². The van der Waals surface area contributed by atoms with Gasteiger partial charge < -0.3 is 9.47 Å². The molecule has 0 spiro atoms. The van der Waals surface area contributed by atoms with E-state index in [2.05, 4.69) is 82.8 Å². The van der Waals surface area contributed by atoms with E-state index in [9.17, 15) is 0 Å². The van der Waals surface area contributed by atoms with Crippen LogP contribution in [0.5, 0.6) is 11.5 Å². The lowest BCUT2D eigenvalue weighted by molar-refractivity contribution is 0.306. The standard InChI is InChI=1S/C38H30N2O2/c1-3-7-31(8-4-1)37(33-11-15-35(16-12-33)41-27-29-19-23-39-24-20-29)38(32-9-5-2-6-10-32)34-13-17-36(18-14-34)42-28-30-21-25-40-26-22-30/h1-26H,27-28H2/b38-37+. The van der Waals surface area contributed by atoms with E-state index in [0.717, 1.165) is 56.0 Å². The van der Waals surface area contributed by atoms with Crippen LogP contribution in [0.2, 0.25) is 0 Å². The lowest BCUT2D eigenvalue weighted by Crippen LogP contribution is -1.99. The molecule has 0 radical (unpaired) electrons. The first-order valence-corrected chi connectivity index (χ1v) is 13.9. The summed E-state index contributed by atoms with van der Waals surface area (Å²) < 4.78 is 12.1. The van der Waals surface area contributed by atoms with Crippen LogP contribution in [0, 0.1) is 0 Å². The Kier molecular flexibility index (Phi) is 8.43. The maximum Gasteiger partial charge on any atom is 0.119 e. The minimum atomic E-state index is 0.494. The summed E-state index contributed by atoms with van der Waals surface area (Å²) in [5.74, 6) is 1.64. The summed E-state index contributed by atoms with van der Waals surface area (Å²) in [6, 6.07) is 45.7. The summed E-state index contributed by atoms with van der Waals surface area (Å²) in [7, 11) is 0. The van der Waals surface area contributed by atoms with Crippen molar-refractivity contribution >= 4 is 11.1 Å². The Balaban J connectivity index is 1.37. The van der Waals surface area contributed by atoms with Crippen LogP contribution in [-0.4, -0.2) is 9.97 Å². The number of hydrogen-bond acceptors (Lipinski definition) is 4. The lowest BCUT2D eigenvalue weighted by atomic mass is 9.86. The summed E-state index contributed by atoms with van der Waals surface area (Å²) in [5.41, 5.74) is 8.95. The fourth-order valence-electron chi connectivity index (χ4n) is 4.85. The number of rotatable bonds is 10. The van der Waals surface area contributed by atoms with Crippen LogP contribution in [0.3, 0.4) is 0 Å². The normalized spacial score (nSPS) is 11.4. The summed E-state index contributed by atoms with van der Waals surface area (Å²) in [4.78, 5) is 8.17. The first kappa shape index (κ1) is 26.7. The Morgan fingerprint density at radius 2 is 0.714 bits per heavy atom. The van der Waals surface area contributed by atoms with Crippen LogP contribution in [-0.2, 0) is 13.2 Å². The van der Waals surface area contributed by atoms with Crippen molar-refractivity contribution in [2.75, 3.05) is 0 Å². The van der Waals surface area contributed by atoms with Crippen LogP contribution in [0.4, 0.5) is 0 Å². The molecule has 0 saturated heterocycles. The summed E-state index contributed by atoms with van der Waals surface area (Å²) in [5, 5.41) is 0. The quantitative estimate of drug-likeness (QED) is 0.161. The molecule has 4 heteroatoms. The third-order valence-electron chi connectivity index (χ3n) is 6.97. The molecule has 0 saturated carbocycles. The van der Waals surface area contributed by atoms with Gasteiger partial charge in [0.2, 0.25) is 0 Å². The largest absolute Gasteiger partial charge is 0.489 e. The highest BCUT2D eigenvalue weighted by molar-refractivity contribution is 6.04. The molecule has 0 aliphatic rings. The number of aromatic nitrogens is 2. The average molecular weight is 547 g/mol. The highest BCUT2D eigenvalue weighted by atomic mass is 16.5. The van der Waals surface area contributed by atoms with Gasteiger partial charge in [0.25, 0.3) is 0 Å². The Hall–Kier alpha value is -5.48. The van der Waals surface area contributed by atoms with Gasteiger partial charge >= 0.3 is 0 Å². The van der Waals surface area contributed by atoms with E-state index in [1.165, 1.54) is 0 Å². The highest BCUT2D eigenvalue weighted by Gasteiger charge is 2.16. The van der Waals surface area contributed by atoms with E-state index in [0.29, 0.717) is 13.2 Å². The minimum Gasteiger partial charge on any atom is -0.489 e. The number of ether oxygens (including phenoxy) is 2. The molecule has 6 rings (SSSR count). The fourth-order valence-corrected chi connectivity index (χ4v) is 4.85. The third-order valence-corrected chi connectivity index (χ3v) is 6.97. The second-order valence-corrected chi connectivity index (χ2v) is 9.82. The van der Waals surface area contributed by atoms with E-state index in [-0.39, 0.29) is 0 Å². The van der Waals surface area contributed by atoms with Gasteiger partial charge in [-0.2, -0.15) is 0 Å². The smallest absolute Gasteiger partial charge is 0.119 e. The van der Waals surface area contributed by atoms with Gasteiger partial charge in [-0.05, 0) is 93.1 Å². The second-order valence-electron chi connectivity index (χ2n) is 9.82. The summed E-state index contributed by atoms with van der Waals surface area (Å²) >= 11 is 0. The van der Waals surface area contributed by atoms with Crippen LogP contribution >= 0.6 is 0 Å². The highest BCUT2D eigenvalue weighted by Crippen LogP contribution is 2.38. The Labute approximate surface area is 246 Å². The van der Waals surface area contributed by atoms with E-state index in [1.54, 1.807) is 24.8 Å². The molecule has 0 fully saturated rings. The predicted molar refractivity (Wildman–Crippen MR) is 168 cm³/mol. The van der Waals surface area contributed by atoms with Crippen molar-refractivity contribution < 1.29 is 9.47 Å². The molecule has 0 aliphatic heterocycles. The summed E-state index contributed by atoms with van der Waals surface area (Å²) in [6.45, 7) is 0.988. The van der Waals surface area contributed by atoms with Crippen LogP contribution in [0.25, 0.3) is 11.1 Å². The van der Waals surface area contributed by atoms with Gasteiger partial charge in [-0.1, -0.05) is 84.9 Å². The lowest BCUT2D eigenvalue weighted by Gasteiger charge is -2.19. The van der Waals surface area contributed by atoms with Gasteiger partial charge in [-0.15, -0.1) is 0 Å². The Bertz CT molecular complexity index is 1590. The van der Waals surface area contributed by atoms with Crippen LogP contribution in [0.15, 0.2) is 158 Å². The van der Waals surface area contributed by atoms with E-state index >= 15 is 0 Å². The van der Waals surface area contributed by atoms with E-state index in [4.69, 9.17) is 9.47 Å². The molecule has 204 valence electrons. The monoisotopic (exact) mass is 546 g/mol. The SMILES string of the molecule is c1ccc(/C(=C(/c2ccccc2)c2ccc(OCc3ccncc3)cc2)c2ccc(OCc3ccncc3)cc2)cc1. The zero-order valence-corrected chi connectivity index (χ0v) is 23.1. The molecule has 4 nitrogen and oxygen atoms in total. The van der Waals surface area contributed by atoms with Crippen LogP contribution in [0.1, 0.15) is 33.4 Å². The van der Waals surface area contributed by atoms with E-state index in [1.807, 2.05) is 60.7 Å². The Morgan fingerprint density at radius 3 is 1.07 bits per heavy atom. The zero-order valence-electron chi connectivity index (χ0n) is 23.1. The third kappa shape index (κ3) is 6.62. The minimum absolute atomic E-state index is 0.494. The van der Waals surface area contributed by atoms with Gasteiger partial charge in [-0.25, -0.2) is 0 Å². The second kappa shape index (κ2) is 13.2. The zero-order chi connectivity index (χ0) is 28.4. The predicted octanol–water partition coefficient (Wildman–Crippen LogP) is 8.64. The molecule has 4 aromatic carbocycles. The van der Waals surface area contributed by atoms with Crippen molar-refractivity contribution in [1.29, 1.82) is 0 Å². The average Bonchev–Trinajstić information content (AvgIpc) is 3.08. The molecule has 0 N–H and O–H groups in total. The molecule has 0 aliphatic carbocycles. The molecule has 0 bridgehead atoms.